The largest absolute Gasteiger partial charge is 0.352 e. The molecule has 0 aliphatic carbocycles. The molecule has 0 spiro atoms. The van der Waals surface area contributed by atoms with Crippen LogP contribution < -0.4 is 10.6 Å². The summed E-state index contributed by atoms with van der Waals surface area (Å²) in [7, 11) is -2.91. The number of nitrogens with one attached hydrogen (secondary N) is 2. The van der Waals surface area contributed by atoms with Gasteiger partial charge in [-0.2, -0.15) is 0 Å². The van der Waals surface area contributed by atoms with Crippen LogP contribution in [-0.2, 0) is 14.6 Å². The molecular weight excluding hydrogens is 228 g/mol. The van der Waals surface area contributed by atoms with Gasteiger partial charge in [-0.15, -0.1) is 0 Å². The van der Waals surface area contributed by atoms with E-state index in [-0.39, 0.29) is 23.5 Å². The van der Waals surface area contributed by atoms with E-state index in [1.165, 1.54) is 0 Å². The average Bonchev–Trinajstić information content (AvgIpc) is 2.44. The highest BCUT2D eigenvalue weighted by atomic mass is 32.2. The van der Waals surface area contributed by atoms with E-state index in [1.54, 1.807) is 0 Å². The quantitative estimate of drug-likeness (QED) is 0.699. The molecule has 1 saturated heterocycles. The molecule has 94 valence electrons. The van der Waals surface area contributed by atoms with E-state index < -0.39 is 9.84 Å². The predicted molar refractivity (Wildman–Crippen MR) is 63.0 cm³/mol. The van der Waals surface area contributed by atoms with Crippen molar-refractivity contribution in [2.45, 2.75) is 38.8 Å². The van der Waals surface area contributed by atoms with Crippen molar-refractivity contribution in [1.82, 2.24) is 10.6 Å². The first-order valence-electron chi connectivity index (χ1n) is 5.62. The van der Waals surface area contributed by atoms with Crippen LogP contribution in [-0.4, -0.2) is 44.5 Å². The summed E-state index contributed by atoms with van der Waals surface area (Å²) in [6, 6.07) is 0.177. The Morgan fingerprint density at radius 2 is 2.12 bits per heavy atom. The molecule has 1 aliphatic rings. The van der Waals surface area contributed by atoms with E-state index in [2.05, 4.69) is 10.6 Å². The number of rotatable bonds is 5. The number of hydrogen-bond acceptors (Lipinski definition) is 4. The van der Waals surface area contributed by atoms with Crippen molar-refractivity contribution in [2.75, 3.05) is 18.1 Å². The lowest BCUT2D eigenvalue weighted by Gasteiger charge is -2.12. The molecule has 0 radical (unpaired) electrons. The number of amides is 1. The summed E-state index contributed by atoms with van der Waals surface area (Å²) in [5.41, 5.74) is 0. The zero-order valence-electron chi connectivity index (χ0n) is 9.82. The van der Waals surface area contributed by atoms with Crippen LogP contribution in [0, 0.1) is 0 Å². The third-order valence-corrected chi connectivity index (χ3v) is 4.27. The molecule has 6 heteroatoms. The number of hydrogen-bond donors (Lipinski definition) is 2. The average molecular weight is 248 g/mol. The fraction of sp³-hybridized carbons (Fsp3) is 0.900. The maximum atomic E-state index is 11.4. The highest BCUT2D eigenvalue weighted by Gasteiger charge is 2.28. The first-order valence-corrected chi connectivity index (χ1v) is 7.44. The van der Waals surface area contributed by atoms with E-state index in [9.17, 15) is 13.2 Å². The molecule has 5 nitrogen and oxygen atoms in total. The van der Waals surface area contributed by atoms with Crippen LogP contribution in [0.15, 0.2) is 0 Å². The lowest BCUT2D eigenvalue weighted by Crippen LogP contribution is -2.37. The van der Waals surface area contributed by atoms with Crippen molar-refractivity contribution in [2.24, 2.45) is 0 Å². The first-order chi connectivity index (χ1) is 7.39. The Morgan fingerprint density at radius 1 is 1.44 bits per heavy atom. The molecule has 0 aromatic carbocycles. The first kappa shape index (κ1) is 13.4. The minimum Gasteiger partial charge on any atom is -0.352 e. The molecular formula is C10H20N2O3S. The molecule has 0 saturated carbocycles. The molecule has 2 N–H and O–H groups in total. The fourth-order valence-corrected chi connectivity index (χ4v) is 3.36. The van der Waals surface area contributed by atoms with Crippen molar-refractivity contribution < 1.29 is 13.2 Å². The predicted octanol–water partition coefficient (Wildman–Crippen LogP) is -0.322. The molecule has 0 aromatic rings. The van der Waals surface area contributed by atoms with Crippen LogP contribution in [0.25, 0.3) is 0 Å². The summed E-state index contributed by atoms with van der Waals surface area (Å²) in [5, 5.41) is 5.89. The minimum atomic E-state index is -2.91. The van der Waals surface area contributed by atoms with Crippen LogP contribution >= 0.6 is 0 Å². The van der Waals surface area contributed by atoms with Gasteiger partial charge >= 0.3 is 0 Å². The molecule has 16 heavy (non-hydrogen) atoms. The van der Waals surface area contributed by atoms with Gasteiger partial charge in [0.25, 0.3) is 0 Å². The van der Waals surface area contributed by atoms with E-state index in [4.69, 9.17) is 0 Å². The molecule has 1 fully saturated rings. The molecule has 1 amide bonds. The van der Waals surface area contributed by atoms with Crippen LogP contribution in [0.1, 0.15) is 26.7 Å². The molecule has 1 heterocycles. The lowest BCUT2D eigenvalue weighted by molar-refractivity contribution is -0.121. The van der Waals surface area contributed by atoms with E-state index in [1.807, 2.05) is 13.8 Å². The summed E-state index contributed by atoms with van der Waals surface area (Å²) in [4.78, 5) is 11.4. The number of sulfone groups is 1. The number of carbonyl (C=O) groups is 1. The summed E-state index contributed by atoms with van der Waals surface area (Å²) in [6.07, 6.45) is 0.945. The molecule has 0 bridgehead atoms. The van der Waals surface area contributed by atoms with Gasteiger partial charge in [-0.1, -0.05) is 13.8 Å². The highest BCUT2D eigenvalue weighted by molar-refractivity contribution is 7.91. The Hall–Kier alpha value is -0.620. The van der Waals surface area contributed by atoms with Crippen molar-refractivity contribution in [3.63, 3.8) is 0 Å². The van der Waals surface area contributed by atoms with E-state index in [0.29, 0.717) is 25.4 Å². The van der Waals surface area contributed by atoms with Gasteiger partial charge in [-0.05, 0) is 6.42 Å². The van der Waals surface area contributed by atoms with Crippen LogP contribution in [0.3, 0.4) is 0 Å². The summed E-state index contributed by atoms with van der Waals surface area (Å²) in [5.74, 6) is 0.216. The summed E-state index contributed by atoms with van der Waals surface area (Å²) >= 11 is 0. The van der Waals surface area contributed by atoms with Gasteiger partial charge in [-0.25, -0.2) is 8.42 Å². The van der Waals surface area contributed by atoms with Crippen molar-refractivity contribution >= 4 is 15.7 Å². The van der Waals surface area contributed by atoms with Crippen LogP contribution in [0.2, 0.25) is 0 Å². The van der Waals surface area contributed by atoms with E-state index in [0.717, 1.165) is 0 Å². The maximum Gasteiger partial charge on any atom is 0.221 e. The zero-order chi connectivity index (χ0) is 12.2. The highest BCUT2D eigenvalue weighted by Crippen LogP contribution is 2.11. The third-order valence-electron chi connectivity index (χ3n) is 2.50. The van der Waals surface area contributed by atoms with Gasteiger partial charge in [0.05, 0.1) is 11.5 Å². The molecule has 0 aromatic heterocycles. The Balaban J connectivity index is 2.20. The molecule has 1 rings (SSSR count). The zero-order valence-corrected chi connectivity index (χ0v) is 10.6. The van der Waals surface area contributed by atoms with Gasteiger partial charge in [0.15, 0.2) is 9.84 Å². The van der Waals surface area contributed by atoms with Gasteiger partial charge in [0.2, 0.25) is 5.91 Å². The van der Waals surface area contributed by atoms with Crippen LogP contribution in [0.5, 0.6) is 0 Å². The second-order valence-electron chi connectivity index (χ2n) is 4.53. The standard InChI is InChI=1S/C10H20N2O3S/c1-8(2)11-5-3-10(13)12-9-4-6-16(14,15)7-9/h8-9,11H,3-7H2,1-2H3,(H,12,13). The summed E-state index contributed by atoms with van der Waals surface area (Å²) < 4.78 is 22.3. The fourth-order valence-electron chi connectivity index (χ4n) is 1.68. The Bertz CT molecular complexity index is 338. The number of carbonyl (C=O) groups excluding carboxylic acids is 1. The molecule has 1 atom stereocenters. The monoisotopic (exact) mass is 248 g/mol. The maximum absolute atomic E-state index is 11.4. The van der Waals surface area contributed by atoms with E-state index >= 15 is 0 Å². The summed E-state index contributed by atoms with van der Waals surface area (Å²) in [6.45, 7) is 4.66. The Labute approximate surface area is 96.9 Å². The van der Waals surface area contributed by atoms with Crippen LogP contribution in [0.4, 0.5) is 0 Å². The second-order valence-corrected chi connectivity index (χ2v) is 6.76. The Morgan fingerprint density at radius 3 is 2.62 bits per heavy atom. The molecule has 1 unspecified atom stereocenters. The SMILES string of the molecule is CC(C)NCCC(=O)NC1CCS(=O)(=O)C1. The second kappa shape index (κ2) is 5.63. The third kappa shape index (κ3) is 4.94. The lowest BCUT2D eigenvalue weighted by atomic mass is 10.2. The van der Waals surface area contributed by atoms with Gasteiger partial charge in [-0.3, -0.25) is 4.79 Å². The van der Waals surface area contributed by atoms with Gasteiger partial charge in [0, 0.05) is 25.0 Å². The van der Waals surface area contributed by atoms with Crippen molar-refractivity contribution in [1.29, 1.82) is 0 Å². The minimum absolute atomic E-state index is 0.0738. The Kier molecular flexibility index (Phi) is 4.73. The van der Waals surface area contributed by atoms with Crippen molar-refractivity contribution in [3.05, 3.63) is 0 Å². The smallest absolute Gasteiger partial charge is 0.221 e. The van der Waals surface area contributed by atoms with Gasteiger partial charge in [0.1, 0.15) is 0 Å². The normalized spacial score (nSPS) is 23.6. The molecule has 1 aliphatic heterocycles. The van der Waals surface area contributed by atoms with Gasteiger partial charge < -0.3 is 10.6 Å². The topological polar surface area (TPSA) is 75.3 Å². The van der Waals surface area contributed by atoms with Crippen molar-refractivity contribution in [3.8, 4) is 0 Å².